The highest BCUT2D eigenvalue weighted by Crippen LogP contribution is 2.21. The van der Waals surface area contributed by atoms with E-state index in [1.54, 1.807) is 12.1 Å². The number of carbonyl (C=O) groups is 1. The van der Waals surface area contributed by atoms with E-state index in [9.17, 15) is 4.79 Å². The quantitative estimate of drug-likeness (QED) is 0.139. The van der Waals surface area contributed by atoms with E-state index in [4.69, 9.17) is 4.74 Å². The lowest BCUT2D eigenvalue weighted by Gasteiger charge is -2.07. The summed E-state index contributed by atoms with van der Waals surface area (Å²) in [7, 11) is 0. The Morgan fingerprint density at radius 2 is 1.24 bits per heavy atom. The van der Waals surface area contributed by atoms with Crippen LogP contribution in [0.25, 0.3) is 11.4 Å². The molecule has 1 heterocycles. The van der Waals surface area contributed by atoms with Crippen molar-refractivity contribution in [3.05, 3.63) is 77.6 Å². The number of ether oxygens (including phenoxy) is 1. The van der Waals surface area contributed by atoms with Crippen molar-refractivity contribution < 1.29 is 9.53 Å². The second-order valence-electron chi connectivity index (χ2n) is 9.00. The molecule has 0 unspecified atom stereocenters. The molecule has 0 N–H and O–H groups in total. The molecule has 34 heavy (non-hydrogen) atoms. The Kier molecular flexibility index (Phi) is 10.8. The molecular formula is C30H38N2O2. The lowest BCUT2D eigenvalue weighted by Crippen LogP contribution is -2.08. The highest BCUT2D eigenvalue weighted by atomic mass is 16.5. The third-order valence-corrected chi connectivity index (χ3v) is 6.11. The summed E-state index contributed by atoms with van der Waals surface area (Å²) in [6, 6.07) is 15.1. The molecule has 0 aliphatic carbocycles. The average Bonchev–Trinajstić information content (AvgIpc) is 2.87. The zero-order valence-electron chi connectivity index (χ0n) is 20.8. The van der Waals surface area contributed by atoms with Crippen molar-refractivity contribution >= 4 is 5.97 Å². The molecule has 0 atom stereocenters. The van der Waals surface area contributed by atoms with Crippen molar-refractivity contribution in [2.45, 2.75) is 84.5 Å². The van der Waals surface area contributed by atoms with Crippen LogP contribution >= 0.6 is 0 Å². The molecule has 0 saturated carbocycles. The van der Waals surface area contributed by atoms with Crippen LogP contribution in [0.1, 0.15) is 93.1 Å². The monoisotopic (exact) mass is 458 g/mol. The molecule has 0 aliphatic heterocycles. The SMILES string of the molecule is CCCCCCCCc1cnc(-c2ccc(OC(=O)c3ccc(CCCCC)cc3)cc2)nc1. The zero-order chi connectivity index (χ0) is 24.0. The van der Waals surface area contributed by atoms with Crippen LogP contribution in [0.5, 0.6) is 5.75 Å². The molecule has 3 aromatic rings. The second kappa shape index (κ2) is 14.3. The number of aryl methyl sites for hydroxylation is 2. The Labute approximate surface area is 204 Å². The van der Waals surface area contributed by atoms with E-state index in [1.807, 2.05) is 48.8 Å². The smallest absolute Gasteiger partial charge is 0.343 e. The van der Waals surface area contributed by atoms with E-state index in [-0.39, 0.29) is 5.97 Å². The van der Waals surface area contributed by atoms with Crippen molar-refractivity contribution in [2.24, 2.45) is 0 Å². The molecule has 0 fully saturated rings. The molecule has 0 radical (unpaired) electrons. The summed E-state index contributed by atoms with van der Waals surface area (Å²) in [5.41, 5.74) is 3.91. The first-order valence-electron chi connectivity index (χ1n) is 12.9. The van der Waals surface area contributed by atoms with Gasteiger partial charge >= 0.3 is 5.97 Å². The minimum atomic E-state index is -0.344. The first kappa shape index (κ1) is 25.6. The summed E-state index contributed by atoms with van der Waals surface area (Å²) in [5.74, 6) is 0.854. The van der Waals surface area contributed by atoms with Crippen LogP contribution < -0.4 is 4.74 Å². The van der Waals surface area contributed by atoms with E-state index in [0.29, 0.717) is 17.1 Å². The largest absolute Gasteiger partial charge is 0.423 e. The molecule has 0 amide bonds. The van der Waals surface area contributed by atoms with E-state index >= 15 is 0 Å². The third-order valence-electron chi connectivity index (χ3n) is 6.11. The fourth-order valence-electron chi connectivity index (χ4n) is 3.97. The van der Waals surface area contributed by atoms with Gasteiger partial charge in [0.05, 0.1) is 5.56 Å². The van der Waals surface area contributed by atoms with Gasteiger partial charge in [-0.3, -0.25) is 0 Å². The summed E-state index contributed by atoms with van der Waals surface area (Å²) in [5, 5.41) is 0. The van der Waals surface area contributed by atoms with Gasteiger partial charge in [-0.1, -0.05) is 70.9 Å². The van der Waals surface area contributed by atoms with Crippen LogP contribution in [-0.2, 0) is 12.8 Å². The molecule has 180 valence electrons. The number of nitrogens with zero attached hydrogens (tertiary/aromatic N) is 2. The Hall–Kier alpha value is -3.01. The van der Waals surface area contributed by atoms with Gasteiger partial charge in [0.15, 0.2) is 5.82 Å². The number of benzene rings is 2. The van der Waals surface area contributed by atoms with Gasteiger partial charge < -0.3 is 4.74 Å². The first-order valence-corrected chi connectivity index (χ1v) is 12.9. The predicted octanol–water partition coefficient (Wildman–Crippen LogP) is 8.00. The van der Waals surface area contributed by atoms with Gasteiger partial charge in [-0.15, -0.1) is 0 Å². The number of hydrogen-bond donors (Lipinski definition) is 0. The number of rotatable bonds is 14. The lowest BCUT2D eigenvalue weighted by molar-refractivity contribution is 0.0735. The normalized spacial score (nSPS) is 10.9. The first-order chi connectivity index (χ1) is 16.7. The van der Waals surface area contributed by atoms with Gasteiger partial charge in [-0.05, 0) is 73.2 Å². The molecule has 0 aliphatic rings. The van der Waals surface area contributed by atoms with Crippen LogP contribution in [0.3, 0.4) is 0 Å². The van der Waals surface area contributed by atoms with Crippen LogP contribution in [0.4, 0.5) is 0 Å². The standard InChI is InChI=1S/C30H38N2O2/c1-3-5-7-8-9-11-13-25-22-31-29(32-23-25)26-18-20-28(21-19-26)34-30(33)27-16-14-24(15-17-27)12-10-6-4-2/h14-23H,3-13H2,1-2H3. The molecule has 0 saturated heterocycles. The summed E-state index contributed by atoms with van der Waals surface area (Å²) in [4.78, 5) is 21.6. The van der Waals surface area contributed by atoms with E-state index in [1.165, 1.54) is 68.9 Å². The molecule has 4 nitrogen and oxygen atoms in total. The van der Waals surface area contributed by atoms with Gasteiger partial charge in [0.2, 0.25) is 0 Å². The molecule has 0 bridgehead atoms. The molecular weight excluding hydrogens is 420 g/mol. The number of esters is 1. The fraction of sp³-hybridized carbons (Fsp3) is 0.433. The van der Waals surface area contributed by atoms with Crippen molar-refractivity contribution in [1.29, 1.82) is 0 Å². The third kappa shape index (κ3) is 8.40. The van der Waals surface area contributed by atoms with Crippen molar-refractivity contribution in [1.82, 2.24) is 9.97 Å². The lowest BCUT2D eigenvalue weighted by atomic mass is 10.1. The Bertz CT molecular complexity index is 980. The number of aromatic nitrogens is 2. The van der Waals surface area contributed by atoms with E-state index in [2.05, 4.69) is 23.8 Å². The molecule has 3 rings (SSSR count). The second-order valence-corrected chi connectivity index (χ2v) is 9.00. The minimum Gasteiger partial charge on any atom is -0.423 e. The maximum Gasteiger partial charge on any atom is 0.343 e. The summed E-state index contributed by atoms with van der Waals surface area (Å²) >= 11 is 0. The summed E-state index contributed by atoms with van der Waals surface area (Å²) in [6.45, 7) is 4.44. The van der Waals surface area contributed by atoms with Crippen LogP contribution in [0.2, 0.25) is 0 Å². The molecule has 2 aromatic carbocycles. The number of hydrogen-bond acceptors (Lipinski definition) is 4. The predicted molar refractivity (Wildman–Crippen MR) is 139 cm³/mol. The fourth-order valence-corrected chi connectivity index (χ4v) is 3.97. The Balaban J connectivity index is 1.48. The van der Waals surface area contributed by atoms with Gasteiger partial charge in [-0.2, -0.15) is 0 Å². The minimum absolute atomic E-state index is 0.344. The van der Waals surface area contributed by atoms with Crippen LogP contribution in [0, 0.1) is 0 Å². The molecule has 4 heteroatoms. The van der Waals surface area contributed by atoms with Crippen molar-refractivity contribution in [2.75, 3.05) is 0 Å². The van der Waals surface area contributed by atoms with E-state index < -0.39 is 0 Å². The van der Waals surface area contributed by atoms with Crippen LogP contribution in [0.15, 0.2) is 60.9 Å². The van der Waals surface area contributed by atoms with E-state index in [0.717, 1.165) is 18.4 Å². The molecule has 0 spiro atoms. The number of unbranched alkanes of at least 4 members (excludes halogenated alkanes) is 7. The van der Waals surface area contributed by atoms with Gasteiger partial charge in [0.25, 0.3) is 0 Å². The average molecular weight is 459 g/mol. The maximum atomic E-state index is 12.5. The topological polar surface area (TPSA) is 52.1 Å². The molecule has 1 aromatic heterocycles. The van der Waals surface area contributed by atoms with Crippen LogP contribution in [-0.4, -0.2) is 15.9 Å². The Morgan fingerprint density at radius 1 is 0.676 bits per heavy atom. The highest BCUT2D eigenvalue weighted by Gasteiger charge is 2.09. The van der Waals surface area contributed by atoms with Crippen molar-refractivity contribution in [3.8, 4) is 17.1 Å². The van der Waals surface area contributed by atoms with Gasteiger partial charge in [0.1, 0.15) is 5.75 Å². The summed E-state index contributed by atoms with van der Waals surface area (Å²) in [6.07, 6.45) is 17.3. The zero-order valence-corrected chi connectivity index (χ0v) is 20.8. The van der Waals surface area contributed by atoms with Gasteiger partial charge in [0, 0.05) is 18.0 Å². The number of carbonyl (C=O) groups excluding carboxylic acids is 1. The summed E-state index contributed by atoms with van der Waals surface area (Å²) < 4.78 is 5.55. The van der Waals surface area contributed by atoms with Crippen molar-refractivity contribution in [3.63, 3.8) is 0 Å². The highest BCUT2D eigenvalue weighted by molar-refractivity contribution is 5.91. The maximum absolute atomic E-state index is 12.5. The Morgan fingerprint density at radius 3 is 1.91 bits per heavy atom. The van der Waals surface area contributed by atoms with Gasteiger partial charge in [-0.25, -0.2) is 14.8 Å².